The largest absolute Gasteiger partial charge is 0.466 e. The Balaban J connectivity index is 3.95. The van der Waals surface area contributed by atoms with Crippen LogP contribution in [0.3, 0.4) is 0 Å². The summed E-state index contributed by atoms with van der Waals surface area (Å²) in [7, 11) is 0.0688. The molecule has 0 saturated heterocycles. The molecular formula is C15H26O3Si. The van der Waals surface area contributed by atoms with E-state index in [2.05, 4.69) is 30.1 Å². The summed E-state index contributed by atoms with van der Waals surface area (Å²) < 4.78 is 4.49. The fourth-order valence-corrected chi connectivity index (χ4v) is 2.09. The first kappa shape index (κ1) is 17.8. The number of esters is 1. The van der Waals surface area contributed by atoms with Gasteiger partial charge in [0.05, 0.1) is 15.2 Å². The van der Waals surface area contributed by atoms with Crippen LogP contribution in [0.1, 0.15) is 26.2 Å². The maximum absolute atomic E-state index is 11.9. The summed E-state index contributed by atoms with van der Waals surface area (Å²) in [5.74, 6) is -0.0688. The first-order valence-electron chi connectivity index (χ1n) is 6.74. The average molecular weight is 282 g/mol. The summed E-state index contributed by atoms with van der Waals surface area (Å²) in [5.41, 5.74) is 2.09. The van der Waals surface area contributed by atoms with Crippen LogP contribution in [0.5, 0.6) is 0 Å². The molecule has 0 aromatic carbocycles. The Kier molecular flexibility index (Phi) is 8.31. The second-order valence-electron chi connectivity index (χ2n) is 5.86. The molecule has 0 heterocycles. The quantitative estimate of drug-likeness (QED) is 0.296. The third kappa shape index (κ3) is 10.4. The lowest BCUT2D eigenvalue weighted by atomic mass is 9.99. The van der Waals surface area contributed by atoms with Gasteiger partial charge in [0.1, 0.15) is 0 Å². The van der Waals surface area contributed by atoms with Gasteiger partial charge < -0.3 is 4.74 Å². The van der Waals surface area contributed by atoms with E-state index in [9.17, 15) is 9.59 Å². The molecule has 108 valence electrons. The lowest BCUT2D eigenvalue weighted by Gasteiger charge is -2.10. The summed E-state index contributed by atoms with van der Waals surface area (Å²) in [6, 6.07) is 0. The van der Waals surface area contributed by atoms with Crippen molar-refractivity contribution < 1.29 is 14.3 Å². The smallest absolute Gasteiger partial charge is 0.330 e. The van der Waals surface area contributed by atoms with Crippen LogP contribution in [0, 0.1) is 5.92 Å². The zero-order valence-corrected chi connectivity index (χ0v) is 13.7. The third-order valence-corrected chi connectivity index (χ3v) is 3.86. The highest BCUT2D eigenvalue weighted by Gasteiger charge is 2.12. The second kappa shape index (κ2) is 8.86. The van der Waals surface area contributed by atoms with Crippen molar-refractivity contribution in [1.82, 2.24) is 0 Å². The standard InChI is InChI=1S/C15H26O3Si/c1-13(14(16)11-12-19(3,4)5)9-7-6-8-10-15(17)18-2/h8,10-13H,6-7,9H2,1-5H3/b10-8+,12-11+. The number of hydrogen-bond donors (Lipinski definition) is 0. The molecule has 0 fully saturated rings. The van der Waals surface area contributed by atoms with Gasteiger partial charge in [-0.3, -0.25) is 4.79 Å². The third-order valence-electron chi connectivity index (χ3n) is 2.70. The molecule has 1 unspecified atom stereocenters. The van der Waals surface area contributed by atoms with Crippen LogP contribution in [0.25, 0.3) is 0 Å². The van der Waals surface area contributed by atoms with Gasteiger partial charge in [0.2, 0.25) is 0 Å². The summed E-state index contributed by atoms with van der Waals surface area (Å²) >= 11 is 0. The van der Waals surface area contributed by atoms with E-state index in [1.807, 2.05) is 6.92 Å². The van der Waals surface area contributed by atoms with E-state index in [4.69, 9.17) is 0 Å². The van der Waals surface area contributed by atoms with Gasteiger partial charge in [-0.1, -0.05) is 38.3 Å². The highest BCUT2D eigenvalue weighted by atomic mass is 28.3. The lowest BCUT2D eigenvalue weighted by Crippen LogP contribution is -2.17. The van der Waals surface area contributed by atoms with Crippen molar-refractivity contribution in [3.63, 3.8) is 0 Å². The van der Waals surface area contributed by atoms with E-state index in [1.54, 1.807) is 12.2 Å². The topological polar surface area (TPSA) is 43.4 Å². The number of hydrogen-bond acceptors (Lipinski definition) is 3. The average Bonchev–Trinajstić information content (AvgIpc) is 2.33. The van der Waals surface area contributed by atoms with Crippen LogP contribution in [-0.4, -0.2) is 26.9 Å². The molecule has 0 N–H and O–H groups in total. The molecule has 19 heavy (non-hydrogen) atoms. The van der Waals surface area contributed by atoms with E-state index in [-0.39, 0.29) is 17.7 Å². The van der Waals surface area contributed by atoms with Crippen molar-refractivity contribution in [2.24, 2.45) is 5.92 Å². The van der Waals surface area contributed by atoms with E-state index < -0.39 is 8.07 Å². The number of rotatable bonds is 8. The zero-order valence-electron chi connectivity index (χ0n) is 12.7. The molecule has 0 aromatic rings. The number of ether oxygens (including phenoxy) is 1. The van der Waals surface area contributed by atoms with Crippen LogP contribution in [0.15, 0.2) is 23.9 Å². The molecule has 0 aliphatic rings. The highest BCUT2D eigenvalue weighted by Crippen LogP contribution is 2.11. The first-order chi connectivity index (χ1) is 8.76. The summed E-state index contributed by atoms with van der Waals surface area (Å²) in [6.45, 7) is 8.58. The van der Waals surface area contributed by atoms with Gasteiger partial charge in [-0.15, -0.1) is 0 Å². The molecule has 0 aliphatic carbocycles. The summed E-state index contributed by atoms with van der Waals surface area (Å²) in [4.78, 5) is 22.7. The minimum Gasteiger partial charge on any atom is -0.466 e. The van der Waals surface area contributed by atoms with E-state index >= 15 is 0 Å². The predicted molar refractivity (Wildman–Crippen MR) is 81.7 cm³/mol. The van der Waals surface area contributed by atoms with Crippen LogP contribution in [-0.2, 0) is 14.3 Å². The van der Waals surface area contributed by atoms with Crippen LogP contribution in [0.4, 0.5) is 0 Å². The molecule has 4 heteroatoms. The monoisotopic (exact) mass is 282 g/mol. The van der Waals surface area contributed by atoms with Crippen molar-refractivity contribution in [1.29, 1.82) is 0 Å². The van der Waals surface area contributed by atoms with Gasteiger partial charge in [-0.05, 0) is 25.3 Å². The number of carbonyl (C=O) groups is 2. The summed E-state index contributed by atoms with van der Waals surface area (Å²) in [6.07, 6.45) is 7.52. The van der Waals surface area contributed by atoms with Gasteiger partial charge in [0.15, 0.2) is 5.78 Å². The number of ketones is 1. The molecule has 0 radical (unpaired) electrons. The van der Waals surface area contributed by atoms with Crippen LogP contribution in [0.2, 0.25) is 19.6 Å². The number of methoxy groups -OCH3 is 1. The minimum absolute atomic E-state index is 0.0547. The number of unbranched alkanes of at least 4 members (excludes halogenated alkanes) is 1. The maximum Gasteiger partial charge on any atom is 0.330 e. The molecular weight excluding hydrogens is 256 g/mol. The highest BCUT2D eigenvalue weighted by molar-refractivity contribution is 6.81. The minimum atomic E-state index is -1.29. The molecule has 3 nitrogen and oxygen atoms in total. The van der Waals surface area contributed by atoms with Crippen molar-refractivity contribution >= 4 is 19.8 Å². The lowest BCUT2D eigenvalue weighted by molar-refractivity contribution is -0.134. The van der Waals surface area contributed by atoms with Gasteiger partial charge in [0.25, 0.3) is 0 Å². The molecule has 0 spiro atoms. The van der Waals surface area contributed by atoms with Gasteiger partial charge in [-0.25, -0.2) is 4.79 Å². The molecule has 0 aliphatic heterocycles. The Morgan fingerprint density at radius 3 is 2.37 bits per heavy atom. The van der Waals surface area contributed by atoms with Crippen molar-refractivity contribution in [2.45, 2.75) is 45.8 Å². The Morgan fingerprint density at radius 2 is 1.84 bits per heavy atom. The Morgan fingerprint density at radius 1 is 1.21 bits per heavy atom. The molecule has 0 rings (SSSR count). The zero-order chi connectivity index (χ0) is 14.9. The molecule has 0 saturated carbocycles. The molecule has 0 aromatic heterocycles. The van der Waals surface area contributed by atoms with E-state index in [0.29, 0.717) is 0 Å². The Hall–Kier alpha value is -1.16. The fourth-order valence-electron chi connectivity index (χ4n) is 1.43. The van der Waals surface area contributed by atoms with Gasteiger partial charge in [-0.2, -0.15) is 0 Å². The second-order valence-corrected chi connectivity index (χ2v) is 10.9. The van der Waals surface area contributed by atoms with Crippen LogP contribution >= 0.6 is 0 Å². The fraction of sp³-hybridized carbons (Fsp3) is 0.600. The van der Waals surface area contributed by atoms with E-state index in [1.165, 1.54) is 13.2 Å². The Bertz CT molecular complexity index is 351. The van der Waals surface area contributed by atoms with Crippen molar-refractivity contribution in [2.75, 3.05) is 7.11 Å². The summed E-state index contributed by atoms with van der Waals surface area (Å²) in [5, 5.41) is 0. The Labute approximate surface area is 117 Å². The predicted octanol–water partition coefficient (Wildman–Crippen LogP) is 3.52. The number of carbonyl (C=O) groups excluding carboxylic acids is 2. The van der Waals surface area contributed by atoms with Crippen molar-refractivity contribution in [3.05, 3.63) is 23.9 Å². The molecule has 1 atom stereocenters. The van der Waals surface area contributed by atoms with E-state index in [0.717, 1.165) is 19.3 Å². The first-order valence-corrected chi connectivity index (χ1v) is 10.3. The molecule has 0 amide bonds. The van der Waals surface area contributed by atoms with Crippen LogP contribution < -0.4 is 0 Å². The van der Waals surface area contributed by atoms with Crippen molar-refractivity contribution in [3.8, 4) is 0 Å². The normalized spacial score (nSPS) is 13.9. The molecule has 0 bridgehead atoms. The van der Waals surface area contributed by atoms with Gasteiger partial charge >= 0.3 is 5.97 Å². The van der Waals surface area contributed by atoms with Gasteiger partial charge in [0, 0.05) is 12.0 Å². The SMILES string of the molecule is COC(=O)/C=C/CCCC(C)C(=O)/C=C/[Si](C)(C)C. The number of allylic oxidation sites excluding steroid dienone is 2. The maximum atomic E-state index is 11.9.